The molecule has 0 spiro atoms. The van der Waals surface area contributed by atoms with Gasteiger partial charge in [0.05, 0.1) is 6.04 Å². The molecule has 0 aromatic carbocycles. The fraction of sp³-hybridized carbons (Fsp3) is 0.692. The summed E-state index contributed by atoms with van der Waals surface area (Å²) >= 11 is 1.99. The number of aromatic nitrogens is 2. The third-order valence-corrected chi connectivity index (χ3v) is 4.55. The predicted molar refractivity (Wildman–Crippen MR) is 77.0 cm³/mol. The molecule has 1 fully saturated rings. The van der Waals surface area contributed by atoms with Gasteiger partial charge in [0.15, 0.2) is 0 Å². The van der Waals surface area contributed by atoms with Crippen molar-refractivity contribution < 1.29 is 0 Å². The lowest BCUT2D eigenvalue weighted by Crippen LogP contribution is -2.34. The lowest BCUT2D eigenvalue weighted by molar-refractivity contribution is 0.264. The second-order valence-corrected chi connectivity index (χ2v) is 5.99. The second kappa shape index (κ2) is 5.99. The maximum absolute atomic E-state index is 5.63. The molecule has 5 heteroatoms. The van der Waals surface area contributed by atoms with Crippen molar-refractivity contribution in [3.05, 3.63) is 22.8 Å². The molecule has 1 unspecified atom stereocenters. The van der Waals surface area contributed by atoms with Crippen LogP contribution in [0, 0.1) is 13.8 Å². The molecule has 4 nitrogen and oxygen atoms in total. The van der Waals surface area contributed by atoms with Crippen molar-refractivity contribution in [1.29, 1.82) is 0 Å². The van der Waals surface area contributed by atoms with Gasteiger partial charge in [0.2, 0.25) is 0 Å². The van der Waals surface area contributed by atoms with Crippen molar-refractivity contribution in [2.45, 2.75) is 26.3 Å². The first-order valence-electron chi connectivity index (χ1n) is 6.45. The Morgan fingerprint density at radius 1 is 1.33 bits per heavy atom. The fourth-order valence-corrected chi connectivity index (χ4v) is 3.59. The van der Waals surface area contributed by atoms with Crippen LogP contribution in [0.5, 0.6) is 0 Å². The molecule has 2 heterocycles. The lowest BCUT2D eigenvalue weighted by atomic mass is 10.1. The van der Waals surface area contributed by atoms with E-state index in [9.17, 15) is 0 Å². The number of hydrogen-bond acceptors (Lipinski definition) is 5. The zero-order valence-electron chi connectivity index (χ0n) is 11.4. The molecule has 1 aliphatic heterocycles. The van der Waals surface area contributed by atoms with Crippen LogP contribution in [0.3, 0.4) is 0 Å². The van der Waals surface area contributed by atoms with E-state index in [1.807, 2.05) is 11.8 Å². The highest BCUT2D eigenvalue weighted by Crippen LogP contribution is 2.27. The Labute approximate surface area is 113 Å². The molecule has 18 heavy (non-hydrogen) atoms. The number of thioether (sulfide) groups is 1. The maximum atomic E-state index is 5.63. The summed E-state index contributed by atoms with van der Waals surface area (Å²) in [6.07, 6.45) is 0.868. The van der Waals surface area contributed by atoms with Gasteiger partial charge in [0.25, 0.3) is 0 Å². The van der Waals surface area contributed by atoms with Crippen LogP contribution in [0.1, 0.15) is 28.8 Å². The minimum atomic E-state index is 0.355. The first-order chi connectivity index (χ1) is 8.63. The van der Waals surface area contributed by atoms with Crippen LogP contribution < -0.4 is 5.73 Å². The monoisotopic (exact) mass is 266 g/mol. The van der Waals surface area contributed by atoms with Gasteiger partial charge in [-0.1, -0.05) is 0 Å². The highest BCUT2D eigenvalue weighted by atomic mass is 32.2. The Hall–Kier alpha value is -0.650. The Balaban J connectivity index is 2.29. The van der Waals surface area contributed by atoms with Crippen molar-refractivity contribution in [1.82, 2.24) is 14.9 Å². The number of nitrogens with two attached hydrogens (primary N) is 1. The first kappa shape index (κ1) is 13.8. The van der Waals surface area contributed by atoms with Crippen LogP contribution in [0.25, 0.3) is 0 Å². The van der Waals surface area contributed by atoms with Gasteiger partial charge in [-0.25, -0.2) is 9.97 Å². The zero-order chi connectivity index (χ0) is 13.1. The molecule has 1 aromatic rings. The van der Waals surface area contributed by atoms with Gasteiger partial charge >= 0.3 is 0 Å². The number of hydrogen-bond donors (Lipinski definition) is 1. The summed E-state index contributed by atoms with van der Waals surface area (Å²) in [6, 6.07) is 0.355. The van der Waals surface area contributed by atoms with Gasteiger partial charge in [-0.3, -0.25) is 4.90 Å². The summed E-state index contributed by atoms with van der Waals surface area (Å²) in [5.74, 6) is 3.27. The molecule has 1 atom stereocenters. The normalized spacial score (nSPS) is 21.2. The van der Waals surface area contributed by atoms with E-state index in [0.29, 0.717) is 12.6 Å². The molecular formula is C13H22N4S. The Bertz CT molecular complexity index is 398. The van der Waals surface area contributed by atoms with Crippen LogP contribution >= 0.6 is 11.8 Å². The van der Waals surface area contributed by atoms with Crippen molar-refractivity contribution in [2.75, 3.05) is 31.6 Å². The quantitative estimate of drug-likeness (QED) is 0.894. The molecule has 2 N–H and O–H groups in total. The molecule has 1 saturated heterocycles. The molecular weight excluding hydrogens is 244 g/mol. The molecule has 2 rings (SSSR count). The van der Waals surface area contributed by atoms with E-state index < -0.39 is 0 Å². The van der Waals surface area contributed by atoms with Gasteiger partial charge in [0.1, 0.15) is 5.82 Å². The number of aryl methyl sites for hydroxylation is 2. The maximum Gasteiger partial charge on any atom is 0.146 e. The van der Waals surface area contributed by atoms with Crippen molar-refractivity contribution in [3.8, 4) is 0 Å². The van der Waals surface area contributed by atoms with E-state index in [1.165, 1.54) is 11.3 Å². The minimum Gasteiger partial charge on any atom is -0.330 e. The van der Waals surface area contributed by atoms with E-state index in [4.69, 9.17) is 15.7 Å². The molecule has 0 amide bonds. The summed E-state index contributed by atoms with van der Waals surface area (Å²) in [5.41, 5.74) is 9.03. The SMILES string of the molecule is Cc1nc(C2CSCCN2C)nc(C)c1CCN. The van der Waals surface area contributed by atoms with E-state index in [2.05, 4.69) is 25.8 Å². The standard InChI is InChI=1S/C13H22N4S/c1-9-11(4-5-14)10(2)16-13(15-9)12-8-18-7-6-17(12)3/h12H,4-8,14H2,1-3H3. The predicted octanol–water partition coefficient (Wildman–Crippen LogP) is 1.31. The average Bonchev–Trinajstić information content (AvgIpc) is 2.34. The van der Waals surface area contributed by atoms with Gasteiger partial charge in [-0.05, 0) is 39.4 Å². The van der Waals surface area contributed by atoms with Crippen LogP contribution in [-0.4, -0.2) is 46.5 Å². The molecule has 1 aromatic heterocycles. The van der Waals surface area contributed by atoms with Crippen LogP contribution in [0.15, 0.2) is 0 Å². The highest BCUT2D eigenvalue weighted by molar-refractivity contribution is 7.99. The number of nitrogens with zero attached hydrogens (tertiary/aromatic N) is 3. The van der Waals surface area contributed by atoms with E-state index in [-0.39, 0.29) is 0 Å². The third kappa shape index (κ3) is 2.84. The molecule has 0 aliphatic carbocycles. The summed E-state index contributed by atoms with van der Waals surface area (Å²) < 4.78 is 0. The highest BCUT2D eigenvalue weighted by Gasteiger charge is 2.24. The van der Waals surface area contributed by atoms with Crippen molar-refractivity contribution in [3.63, 3.8) is 0 Å². The average molecular weight is 266 g/mol. The molecule has 0 radical (unpaired) electrons. The summed E-state index contributed by atoms with van der Waals surface area (Å²) in [6.45, 7) is 5.91. The van der Waals surface area contributed by atoms with E-state index >= 15 is 0 Å². The minimum absolute atomic E-state index is 0.355. The zero-order valence-corrected chi connectivity index (χ0v) is 12.3. The van der Waals surface area contributed by atoms with Gasteiger partial charge in [-0.15, -0.1) is 0 Å². The molecule has 1 aliphatic rings. The van der Waals surface area contributed by atoms with Crippen LogP contribution in [0.2, 0.25) is 0 Å². The summed E-state index contributed by atoms with van der Waals surface area (Å²) in [7, 11) is 2.16. The Morgan fingerprint density at radius 2 is 2.00 bits per heavy atom. The van der Waals surface area contributed by atoms with Gasteiger partial charge in [0, 0.05) is 29.4 Å². The van der Waals surface area contributed by atoms with E-state index in [0.717, 1.165) is 35.9 Å². The smallest absolute Gasteiger partial charge is 0.146 e. The first-order valence-corrected chi connectivity index (χ1v) is 7.61. The number of rotatable bonds is 3. The molecule has 100 valence electrons. The molecule has 0 saturated carbocycles. The Morgan fingerprint density at radius 3 is 2.56 bits per heavy atom. The van der Waals surface area contributed by atoms with Crippen molar-refractivity contribution >= 4 is 11.8 Å². The van der Waals surface area contributed by atoms with Gasteiger partial charge < -0.3 is 5.73 Å². The van der Waals surface area contributed by atoms with Crippen LogP contribution in [-0.2, 0) is 6.42 Å². The molecule has 0 bridgehead atoms. The summed E-state index contributed by atoms with van der Waals surface area (Å²) in [4.78, 5) is 11.8. The Kier molecular flexibility index (Phi) is 4.59. The van der Waals surface area contributed by atoms with Gasteiger partial charge in [-0.2, -0.15) is 11.8 Å². The summed E-state index contributed by atoms with van der Waals surface area (Å²) in [5, 5.41) is 0. The largest absolute Gasteiger partial charge is 0.330 e. The fourth-order valence-electron chi connectivity index (χ4n) is 2.38. The van der Waals surface area contributed by atoms with Crippen molar-refractivity contribution in [2.24, 2.45) is 5.73 Å². The lowest BCUT2D eigenvalue weighted by Gasteiger charge is -2.31. The second-order valence-electron chi connectivity index (χ2n) is 4.84. The van der Waals surface area contributed by atoms with Crippen LogP contribution in [0.4, 0.5) is 0 Å². The topological polar surface area (TPSA) is 55.0 Å². The van der Waals surface area contributed by atoms with E-state index in [1.54, 1.807) is 0 Å². The third-order valence-electron chi connectivity index (χ3n) is 3.53.